The Kier molecular flexibility index (Phi) is 2.89. The van der Waals surface area contributed by atoms with E-state index in [1.165, 1.54) is 25.7 Å². The molecule has 0 aromatic heterocycles. The molecule has 0 amide bonds. The third-order valence-electron chi connectivity index (χ3n) is 5.45. The lowest BCUT2D eigenvalue weighted by Gasteiger charge is -2.46. The number of cyclic esters (lactones) is 1. The normalized spacial score (nSPS) is 49.4. The van der Waals surface area contributed by atoms with Gasteiger partial charge in [-0.15, -0.1) is 0 Å². The Balaban J connectivity index is 1.88. The van der Waals surface area contributed by atoms with E-state index in [0.29, 0.717) is 11.8 Å². The van der Waals surface area contributed by atoms with Crippen molar-refractivity contribution in [3.63, 3.8) is 0 Å². The first-order chi connectivity index (χ1) is 8.22. The third kappa shape index (κ3) is 1.70. The first-order valence-corrected chi connectivity index (χ1v) is 7.13. The van der Waals surface area contributed by atoms with Crippen LogP contribution < -0.4 is 5.73 Å². The molecule has 3 fully saturated rings. The smallest absolute Gasteiger partial charge is 0.309 e. The molecule has 2 saturated carbocycles. The standard InChI is InChI=1S/C14H23NO2/c1-8-13-11(14(16)17-8)6-9-4-2-3-5-10(9)12(13)7-15/h8-13H,2-7,15H2,1H3/t8-,9?,10?,11?,12+,13?/m0/s1. The Morgan fingerprint density at radius 2 is 2.12 bits per heavy atom. The van der Waals surface area contributed by atoms with Crippen molar-refractivity contribution in [1.82, 2.24) is 0 Å². The predicted molar refractivity (Wildman–Crippen MR) is 65.1 cm³/mol. The second-order valence-corrected chi connectivity index (χ2v) is 6.17. The van der Waals surface area contributed by atoms with Crippen LogP contribution in [0.2, 0.25) is 0 Å². The van der Waals surface area contributed by atoms with Crippen molar-refractivity contribution in [2.75, 3.05) is 6.54 Å². The van der Waals surface area contributed by atoms with Gasteiger partial charge in [0.1, 0.15) is 6.10 Å². The number of carbonyl (C=O) groups is 1. The van der Waals surface area contributed by atoms with E-state index in [-0.39, 0.29) is 18.0 Å². The molecule has 2 aliphatic carbocycles. The summed E-state index contributed by atoms with van der Waals surface area (Å²) in [5, 5.41) is 0. The van der Waals surface area contributed by atoms with Crippen LogP contribution in [0.1, 0.15) is 39.0 Å². The van der Waals surface area contributed by atoms with E-state index >= 15 is 0 Å². The van der Waals surface area contributed by atoms with Gasteiger partial charge < -0.3 is 10.5 Å². The number of nitrogens with two attached hydrogens (primary N) is 1. The van der Waals surface area contributed by atoms with Gasteiger partial charge in [-0.3, -0.25) is 4.79 Å². The summed E-state index contributed by atoms with van der Waals surface area (Å²) in [4.78, 5) is 11.9. The Morgan fingerprint density at radius 3 is 2.88 bits per heavy atom. The second kappa shape index (κ2) is 4.27. The Morgan fingerprint density at radius 1 is 1.35 bits per heavy atom. The number of hydrogen-bond acceptors (Lipinski definition) is 3. The molecule has 2 N–H and O–H groups in total. The van der Waals surface area contributed by atoms with Gasteiger partial charge in [-0.1, -0.05) is 19.3 Å². The summed E-state index contributed by atoms with van der Waals surface area (Å²) in [6, 6.07) is 0. The minimum absolute atomic E-state index is 0.0463. The third-order valence-corrected chi connectivity index (χ3v) is 5.45. The summed E-state index contributed by atoms with van der Waals surface area (Å²) in [7, 11) is 0. The molecule has 0 aromatic rings. The molecule has 3 rings (SSSR count). The van der Waals surface area contributed by atoms with Crippen LogP contribution in [0.15, 0.2) is 0 Å². The molecule has 3 aliphatic rings. The van der Waals surface area contributed by atoms with Crippen LogP contribution in [-0.2, 0) is 9.53 Å². The zero-order chi connectivity index (χ0) is 12.0. The van der Waals surface area contributed by atoms with Crippen molar-refractivity contribution < 1.29 is 9.53 Å². The van der Waals surface area contributed by atoms with E-state index in [4.69, 9.17) is 10.5 Å². The molecule has 1 heterocycles. The first kappa shape index (κ1) is 11.5. The number of hydrogen-bond donors (Lipinski definition) is 1. The summed E-state index contributed by atoms with van der Waals surface area (Å²) in [6.07, 6.45) is 6.44. The van der Waals surface area contributed by atoms with E-state index in [0.717, 1.165) is 24.8 Å². The summed E-state index contributed by atoms with van der Waals surface area (Å²) in [5.74, 6) is 2.60. The summed E-state index contributed by atoms with van der Waals surface area (Å²) in [5.41, 5.74) is 6.01. The second-order valence-electron chi connectivity index (χ2n) is 6.17. The minimum Gasteiger partial charge on any atom is -0.462 e. The molecular formula is C14H23NO2. The van der Waals surface area contributed by atoms with Crippen molar-refractivity contribution in [3.05, 3.63) is 0 Å². The van der Waals surface area contributed by atoms with Crippen molar-refractivity contribution in [2.24, 2.45) is 35.3 Å². The van der Waals surface area contributed by atoms with Gasteiger partial charge in [-0.05, 0) is 44.1 Å². The van der Waals surface area contributed by atoms with Crippen LogP contribution in [0.3, 0.4) is 0 Å². The average molecular weight is 237 g/mol. The Labute approximate surface area is 103 Å². The summed E-state index contributed by atoms with van der Waals surface area (Å²) >= 11 is 0. The Hall–Kier alpha value is -0.570. The Bertz CT molecular complexity index is 317. The molecule has 3 nitrogen and oxygen atoms in total. The molecule has 1 aliphatic heterocycles. The monoisotopic (exact) mass is 237 g/mol. The highest BCUT2D eigenvalue weighted by Crippen LogP contribution is 2.52. The molecule has 96 valence electrons. The van der Waals surface area contributed by atoms with Crippen molar-refractivity contribution in [1.29, 1.82) is 0 Å². The van der Waals surface area contributed by atoms with E-state index in [1.807, 2.05) is 6.92 Å². The lowest BCUT2D eigenvalue weighted by atomic mass is 9.57. The maximum absolute atomic E-state index is 11.9. The molecular weight excluding hydrogens is 214 g/mol. The lowest BCUT2D eigenvalue weighted by Crippen LogP contribution is -2.46. The average Bonchev–Trinajstić information content (AvgIpc) is 2.62. The molecule has 17 heavy (non-hydrogen) atoms. The fourth-order valence-corrected chi connectivity index (χ4v) is 4.77. The number of ether oxygens (including phenoxy) is 1. The number of esters is 1. The maximum atomic E-state index is 11.9. The molecule has 0 aromatic carbocycles. The van der Waals surface area contributed by atoms with E-state index < -0.39 is 0 Å². The molecule has 4 unspecified atom stereocenters. The largest absolute Gasteiger partial charge is 0.462 e. The number of fused-ring (bicyclic) bond motifs is 2. The highest BCUT2D eigenvalue weighted by atomic mass is 16.6. The van der Waals surface area contributed by atoms with Crippen LogP contribution in [0, 0.1) is 29.6 Å². The number of carbonyl (C=O) groups excluding carboxylic acids is 1. The molecule has 0 bridgehead atoms. The van der Waals surface area contributed by atoms with Crippen LogP contribution in [0.25, 0.3) is 0 Å². The van der Waals surface area contributed by atoms with Gasteiger partial charge in [0.15, 0.2) is 0 Å². The van der Waals surface area contributed by atoms with Crippen molar-refractivity contribution >= 4 is 5.97 Å². The van der Waals surface area contributed by atoms with Gasteiger partial charge in [0, 0.05) is 5.92 Å². The summed E-state index contributed by atoms with van der Waals surface area (Å²) < 4.78 is 5.45. The van der Waals surface area contributed by atoms with Crippen molar-refractivity contribution in [3.8, 4) is 0 Å². The van der Waals surface area contributed by atoms with Gasteiger partial charge in [0.25, 0.3) is 0 Å². The molecule has 0 spiro atoms. The molecule has 0 radical (unpaired) electrons. The fraction of sp³-hybridized carbons (Fsp3) is 0.929. The van der Waals surface area contributed by atoms with E-state index in [2.05, 4.69) is 0 Å². The highest BCUT2D eigenvalue weighted by Gasteiger charge is 2.53. The van der Waals surface area contributed by atoms with E-state index in [9.17, 15) is 4.79 Å². The zero-order valence-electron chi connectivity index (χ0n) is 10.6. The van der Waals surface area contributed by atoms with Crippen molar-refractivity contribution in [2.45, 2.75) is 45.1 Å². The topological polar surface area (TPSA) is 52.3 Å². The fourth-order valence-electron chi connectivity index (χ4n) is 4.77. The van der Waals surface area contributed by atoms with E-state index in [1.54, 1.807) is 0 Å². The summed E-state index contributed by atoms with van der Waals surface area (Å²) in [6.45, 7) is 2.78. The first-order valence-electron chi connectivity index (χ1n) is 7.13. The quantitative estimate of drug-likeness (QED) is 0.709. The SMILES string of the molecule is C[C@@H]1OC(=O)C2CC3CCCCC3[C@@H](CN)C21. The van der Waals surface area contributed by atoms with Crippen LogP contribution in [0.5, 0.6) is 0 Å². The minimum atomic E-state index is 0.0463. The van der Waals surface area contributed by atoms with Gasteiger partial charge in [-0.25, -0.2) is 0 Å². The predicted octanol–water partition coefficient (Wildman–Crippen LogP) is 1.95. The van der Waals surface area contributed by atoms with Gasteiger partial charge in [-0.2, -0.15) is 0 Å². The van der Waals surface area contributed by atoms with Gasteiger partial charge >= 0.3 is 5.97 Å². The van der Waals surface area contributed by atoms with Crippen LogP contribution in [-0.4, -0.2) is 18.6 Å². The highest BCUT2D eigenvalue weighted by molar-refractivity contribution is 5.75. The van der Waals surface area contributed by atoms with Gasteiger partial charge in [0.05, 0.1) is 5.92 Å². The zero-order valence-corrected chi connectivity index (χ0v) is 10.6. The number of rotatable bonds is 1. The van der Waals surface area contributed by atoms with Crippen LogP contribution >= 0.6 is 0 Å². The molecule has 3 heteroatoms. The lowest BCUT2D eigenvalue weighted by molar-refractivity contribution is -0.144. The van der Waals surface area contributed by atoms with Crippen LogP contribution in [0.4, 0.5) is 0 Å². The maximum Gasteiger partial charge on any atom is 0.309 e. The molecule has 1 saturated heterocycles. The van der Waals surface area contributed by atoms with Gasteiger partial charge in [0.2, 0.25) is 0 Å². The molecule has 6 atom stereocenters.